The molecule has 1 aliphatic rings. The fraction of sp³-hybridized carbons (Fsp3) is 0.545. The van der Waals surface area contributed by atoms with Crippen molar-refractivity contribution in [3.8, 4) is 0 Å². The van der Waals surface area contributed by atoms with Gasteiger partial charge in [-0.2, -0.15) is 4.98 Å². The molecule has 0 spiro atoms. The van der Waals surface area contributed by atoms with Gasteiger partial charge in [-0.1, -0.05) is 11.6 Å². The van der Waals surface area contributed by atoms with E-state index < -0.39 is 0 Å². The number of primary amides is 1. The van der Waals surface area contributed by atoms with Crippen molar-refractivity contribution in [1.82, 2.24) is 9.97 Å². The molecule has 1 aromatic heterocycles. The van der Waals surface area contributed by atoms with E-state index in [0.717, 1.165) is 25.7 Å². The number of nitrogens with two attached hydrogens (primary N) is 1. The van der Waals surface area contributed by atoms with Crippen molar-refractivity contribution in [2.45, 2.75) is 31.7 Å². The topological polar surface area (TPSA) is 80.9 Å². The van der Waals surface area contributed by atoms with Crippen LogP contribution in [0.2, 0.25) is 10.3 Å². The molecule has 3 N–H and O–H groups in total. The number of rotatable bonds is 3. The van der Waals surface area contributed by atoms with Crippen LogP contribution in [0.4, 0.5) is 5.82 Å². The summed E-state index contributed by atoms with van der Waals surface area (Å²) in [5, 5.41) is 3.83. The second-order valence-corrected chi connectivity index (χ2v) is 5.18. The Kier molecular flexibility index (Phi) is 4.24. The molecule has 0 aliphatic heterocycles. The highest BCUT2D eigenvalue weighted by atomic mass is 35.5. The quantitative estimate of drug-likeness (QED) is 0.836. The Balaban J connectivity index is 1.95. The maximum absolute atomic E-state index is 11.1. The van der Waals surface area contributed by atoms with Crippen LogP contribution in [0, 0.1) is 5.92 Å². The minimum absolute atomic E-state index is 0.00694. The average Bonchev–Trinajstić information content (AvgIpc) is 2.34. The van der Waals surface area contributed by atoms with Gasteiger partial charge in [-0.25, -0.2) is 4.98 Å². The molecule has 0 aromatic carbocycles. The average molecular weight is 289 g/mol. The highest BCUT2D eigenvalue weighted by Gasteiger charge is 2.25. The van der Waals surface area contributed by atoms with Gasteiger partial charge in [0.15, 0.2) is 0 Å². The summed E-state index contributed by atoms with van der Waals surface area (Å²) in [6.07, 6.45) is 4.79. The van der Waals surface area contributed by atoms with E-state index in [1.807, 2.05) is 0 Å². The molecule has 18 heavy (non-hydrogen) atoms. The largest absolute Gasteiger partial charge is 0.369 e. The van der Waals surface area contributed by atoms with Crippen molar-refractivity contribution in [3.63, 3.8) is 0 Å². The summed E-state index contributed by atoms with van der Waals surface area (Å²) in [6.45, 7) is 0. The molecule has 1 saturated carbocycles. The van der Waals surface area contributed by atoms with Crippen molar-refractivity contribution in [3.05, 3.63) is 16.5 Å². The van der Waals surface area contributed by atoms with Crippen LogP contribution in [-0.2, 0) is 4.79 Å². The van der Waals surface area contributed by atoms with Gasteiger partial charge < -0.3 is 11.1 Å². The highest BCUT2D eigenvalue weighted by molar-refractivity contribution is 6.33. The van der Waals surface area contributed by atoms with Gasteiger partial charge in [-0.3, -0.25) is 4.79 Å². The number of nitrogens with zero attached hydrogens (tertiary/aromatic N) is 2. The zero-order chi connectivity index (χ0) is 13.1. The summed E-state index contributed by atoms with van der Waals surface area (Å²) in [5.41, 5.74) is 5.29. The molecule has 1 amide bonds. The van der Waals surface area contributed by atoms with Crippen molar-refractivity contribution in [2.24, 2.45) is 11.7 Å². The van der Waals surface area contributed by atoms with E-state index in [9.17, 15) is 4.79 Å². The van der Waals surface area contributed by atoms with E-state index in [0.29, 0.717) is 10.8 Å². The molecule has 0 radical (unpaired) electrons. The molecule has 1 heterocycles. The lowest BCUT2D eigenvalue weighted by Gasteiger charge is -2.27. The number of hydrogen-bond donors (Lipinski definition) is 2. The SMILES string of the molecule is NC(=O)C1CCC(Nc2nc(Cl)ncc2Cl)CC1. The monoisotopic (exact) mass is 288 g/mol. The summed E-state index contributed by atoms with van der Waals surface area (Å²) >= 11 is 11.7. The van der Waals surface area contributed by atoms with Crippen LogP contribution in [-0.4, -0.2) is 21.9 Å². The molecule has 98 valence electrons. The molecule has 5 nitrogen and oxygen atoms in total. The van der Waals surface area contributed by atoms with Crippen molar-refractivity contribution >= 4 is 34.9 Å². The van der Waals surface area contributed by atoms with Crippen LogP contribution in [0.3, 0.4) is 0 Å². The van der Waals surface area contributed by atoms with Gasteiger partial charge >= 0.3 is 0 Å². The van der Waals surface area contributed by atoms with Crippen molar-refractivity contribution in [1.29, 1.82) is 0 Å². The Hall–Kier alpha value is -1.07. The molecule has 1 aliphatic carbocycles. The number of nitrogens with one attached hydrogen (secondary N) is 1. The fourth-order valence-corrected chi connectivity index (χ4v) is 2.44. The minimum Gasteiger partial charge on any atom is -0.369 e. The molecular formula is C11H14Cl2N4O. The second-order valence-electron chi connectivity index (χ2n) is 4.43. The molecule has 2 rings (SSSR count). The number of aromatic nitrogens is 2. The van der Waals surface area contributed by atoms with Gasteiger partial charge in [0.2, 0.25) is 11.2 Å². The number of anilines is 1. The van der Waals surface area contributed by atoms with Gasteiger partial charge in [0.1, 0.15) is 10.8 Å². The lowest BCUT2D eigenvalue weighted by Crippen LogP contribution is -2.32. The van der Waals surface area contributed by atoms with Gasteiger partial charge in [0, 0.05) is 12.0 Å². The Bertz CT molecular complexity index is 447. The summed E-state index contributed by atoms with van der Waals surface area (Å²) in [6, 6.07) is 0.240. The van der Waals surface area contributed by atoms with Gasteiger partial charge in [-0.05, 0) is 37.3 Å². The smallest absolute Gasteiger partial charge is 0.224 e. The van der Waals surface area contributed by atoms with E-state index in [1.54, 1.807) is 0 Å². The Morgan fingerprint density at radius 1 is 1.33 bits per heavy atom. The summed E-state index contributed by atoms with van der Waals surface area (Å²) in [7, 11) is 0. The lowest BCUT2D eigenvalue weighted by atomic mass is 9.85. The number of amides is 1. The molecule has 0 atom stereocenters. The second kappa shape index (κ2) is 5.71. The van der Waals surface area contributed by atoms with Crippen LogP contribution in [0.5, 0.6) is 0 Å². The third kappa shape index (κ3) is 3.23. The van der Waals surface area contributed by atoms with Crippen LogP contribution in [0.1, 0.15) is 25.7 Å². The zero-order valence-corrected chi connectivity index (χ0v) is 11.2. The number of carbonyl (C=O) groups is 1. The first-order valence-electron chi connectivity index (χ1n) is 5.80. The van der Waals surface area contributed by atoms with E-state index in [2.05, 4.69) is 15.3 Å². The van der Waals surface area contributed by atoms with Crippen LogP contribution in [0.15, 0.2) is 6.20 Å². The molecule has 0 saturated heterocycles. The first kappa shape index (κ1) is 13.4. The number of halogens is 2. The normalized spacial score (nSPS) is 23.7. The van der Waals surface area contributed by atoms with Crippen LogP contribution in [0.25, 0.3) is 0 Å². The van der Waals surface area contributed by atoms with E-state index in [-0.39, 0.29) is 23.2 Å². The van der Waals surface area contributed by atoms with E-state index >= 15 is 0 Å². The molecule has 0 unspecified atom stereocenters. The van der Waals surface area contributed by atoms with Gasteiger partial charge in [-0.15, -0.1) is 0 Å². The van der Waals surface area contributed by atoms with E-state index in [1.165, 1.54) is 6.20 Å². The highest BCUT2D eigenvalue weighted by Crippen LogP contribution is 2.28. The lowest BCUT2D eigenvalue weighted by molar-refractivity contribution is -0.122. The summed E-state index contributed by atoms with van der Waals surface area (Å²) in [4.78, 5) is 18.9. The Morgan fingerprint density at radius 2 is 2.00 bits per heavy atom. The van der Waals surface area contributed by atoms with Gasteiger partial charge in [0.05, 0.1) is 6.20 Å². The summed E-state index contributed by atoms with van der Waals surface area (Å²) in [5.74, 6) is 0.322. The standard InChI is InChI=1S/C11H14Cl2N4O/c12-8-5-15-11(13)17-10(8)16-7-3-1-6(2-4-7)9(14)18/h5-7H,1-4H2,(H2,14,18)(H,15,16,17). The first-order chi connectivity index (χ1) is 8.56. The number of carbonyl (C=O) groups excluding carboxylic acids is 1. The maximum atomic E-state index is 11.1. The predicted molar refractivity (Wildman–Crippen MR) is 70.6 cm³/mol. The van der Waals surface area contributed by atoms with Crippen LogP contribution >= 0.6 is 23.2 Å². The van der Waals surface area contributed by atoms with E-state index in [4.69, 9.17) is 28.9 Å². The first-order valence-corrected chi connectivity index (χ1v) is 6.55. The number of hydrogen-bond acceptors (Lipinski definition) is 4. The van der Waals surface area contributed by atoms with Gasteiger partial charge in [0.25, 0.3) is 0 Å². The van der Waals surface area contributed by atoms with Crippen molar-refractivity contribution < 1.29 is 4.79 Å². The Morgan fingerprint density at radius 3 is 2.61 bits per heavy atom. The molecule has 1 fully saturated rings. The summed E-state index contributed by atoms with van der Waals surface area (Å²) < 4.78 is 0. The predicted octanol–water partition coefficient (Wildman–Crippen LogP) is 2.24. The fourth-order valence-electron chi connectivity index (χ4n) is 2.16. The molecule has 1 aromatic rings. The molecule has 7 heteroatoms. The van der Waals surface area contributed by atoms with Crippen molar-refractivity contribution in [2.75, 3.05) is 5.32 Å². The third-order valence-corrected chi connectivity index (χ3v) is 3.64. The molecular weight excluding hydrogens is 275 g/mol. The van der Waals surface area contributed by atoms with Crippen LogP contribution < -0.4 is 11.1 Å². The Labute approximate surface area is 115 Å². The zero-order valence-electron chi connectivity index (χ0n) is 9.70. The third-order valence-electron chi connectivity index (χ3n) is 3.19. The maximum Gasteiger partial charge on any atom is 0.224 e. The minimum atomic E-state index is -0.212. The molecule has 0 bridgehead atoms.